The Morgan fingerprint density at radius 3 is 2.60 bits per heavy atom. The van der Waals surface area contributed by atoms with Gasteiger partial charge in [-0.3, -0.25) is 5.10 Å². The van der Waals surface area contributed by atoms with Crippen molar-refractivity contribution in [2.45, 2.75) is 6.92 Å². The third-order valence-electron chi connectivity index (χ3n) is 2.13. The van der Waals surface area contributed by atoms with Crippen LogP contribution in [0.15, 0.2) is 30.3 Å². The van der Waals surface area contributed by atoms with E-state index >= 15 is 0 Å². The maximum atomic E-state index is 5.81. The Kier molecular flexibility index (Phi) is 2.84. The Labute approximate surface area is 97.9 Å². The molecule has 0 bridgehead atoms. The number of benzene rings is 1. The first kappa shape index (κ1) is 10.3. The molecule has 0 saturated carbocycles. The summed E-state index contributed by atoms with van der Waals surface area (Å²) in [6.07, 6.45) is 0. The van der Waals surface area contributed by atoms with Crippen LogP contribution in [0.3, 0.4) is 0 Å². The zero-order chi connectivity index (χ0) is 10.8. The van der Waals surface area contributed by atoms with Gasteiger partial charge in [-0.15, -0.1) is 0 Å². The lowest BCUT2D eigenvalue weighted by atomic mass is 10.1. The van der Waals surface area contributed by atoms with E-state index in [1.54, 1.807) is 6.07 Å². The summed E-state index contributed by atoms with van der Waals surface area (Å²) in [4.78, 5) is 0. The molecular weight excluding hydrogens is 228 g/mol. The summed E-state index contributed by atoms with van der Waals surface area (Å²) in [5.74, 6) is 0. The molecule has 2 rings (SSSR count). The number of halogens is 1. The molecule has 2 aromatic rings. The molecule has 4 heteroatoms. The van der Waals surface area contributed by atoms with Crippen LogP contribution in [-0.4, -0.2) is 10.2 Å². The van der Waals surface area contributed by atoms with E-state index in [1.165, 1.54) is 5.56 Å². The lowest BCUT2D eigenvalue weighted by molar-refractivity contribution is 1.02. The monoisotopic (exact) mass is 236 g/mol. The number of hydrogen-bond donors (Lipinski definition) is 1. The SMILES string of the molecule is Cc1ccc(-c2cc(Cl)n[nH]c2=S)cc1. The van der Waals surface area contributed by atoms with Gasteiger partial charge in [0.05, 0.1) is 0 Å². The zero-order valence-corrected chi connectivity index (χ0v) is 9.69. The van der Waals surface area contributed by atoms with E-state index in [2.05, 4.69) is 10.2 Å². The standard InChI is InChI=1S/C11H9ClN2S/c1-7-2-4-8(5-3-7)9-6-10(12)13-14-11(9)15/h2-6H,1H3,(H,14,15). The fourth-order valence-corrected chi connectivity index (χ4v) is 1.70. The summed E-state index contributed by atoms with van der Waals surface area (Å²) >= 11 is 11.0. The second-order valence-corrected chi connectivity index (χ2v) is 4.09. The van der Waals surface area contributed by atoms with Crippen molar-refractivity contribution in [1.29, 1.82) is 0 Å². The molecule has 0 radical (unpaired) electrons. The normalized spacial score (nSPS) is 10.3. The first-order valence-corrected chi connectivity index (χ1v) is 5.28. The third-order valence-corrected chi connectivity index (χ3v) is 2.64. The highest BCUT2D eigenvalue weighted by atomic mass is 35.5. The Morgan fingerprint density at radius 1 is 1.27 bits per heavy atom. The summed E-state index contributed by atoms with van der Waals surface area (Å²) < 4.78 is 0.600. The predicted molar refractivity (Wildman–Crippen MR) is 64.6 cm³/mol. The largest absolute Gasteiger partial charge is 0.266 e. The van der Waals surface area contributed by atoms with Gasteiger partial charge in [0.25, 0.3) is 0 Å². The predicted octanol–water partition coefficient (Wildman–Crippen LogP) is 3.77. The molecule has 0 fully saturated rings. The topological polar surface area (TPSA) is 28.7 Å². The van der Waals surface area contributed by atoms with Crippen molar-refractivity contribution >= 4 is 23.8 Å². The number of aryl methyl sites for hydroxylation is 1. The molecule has 0 amide bonds. The van der Waals surface area contributed by atoms with Crippen molar-refractivity contribution in [1.82, 2.24) is 10.2 Å². The van der Waals surface area contributed by atoms with Crippen molar-refractivity contribution < 1.29 is 0 Å². The summed E-state index contributed by atoms with van der Waals surface area (Å²) in [7, 11) is 0. The summed E-state index contributed by atoms with van der Waals surface area (Å²) in [5.41, 5.74) is 3.17. The molecule has 0 unspecified atom stereocenters. The van der Waals surface area contributed by atoms with E-state index < -0.39 is 0 Å². The van der Waals surface area contributed by atoms with E-state index in [1.807, 2.05) is 31.2 Å². The summed E-state index contributed by atoms with van der Waals surface area (Å²) in [6.45, 7) is 2.05. The molecule has 0 aliphatic rings. The number of aromatic amines is 1. The second kappa shape index (κ2) is 4.13. The molecule has 0 aliphatic carbocycles. The maximum absolute atomic E-state index is 5.81. The molecule has 76 valence electrons. The molecule has 15 heavy (non-hydrogen) atoms. The van der Waals surface area contributed by atoms with Crippen LogP contribution in [0.25, 0.3) is 11.1 Å². The fourth-order valence-electron chi connectivity index (χ4n) is 1.33. The first-order chi connectivity index (χ1) is 7.16. The van der Waals surface area contributed by atoms with E-state index in [-0.39, 0.29) is 0 Å². The maximum Gasteiger partial charge on any atom is 0.150 e. The van der Waals surface area contributed by atoms with E-state index in [4.69, 9.17) is 23.8 Å². The molecule has 1 aromatic heterocycles. The van der Waals surface area contributed by atoms with Crippen molar-refractivity contribution in [2.75, 3.05) is 0 Å². The van der Waals surface area contributed by atoms with Crippen LogP contribution < -0.4 is 0 Å². The Bertz CT molecular complexity index is 531. The van der Waals surface area contributed by atoms with Crippen molar-refractivity contribution in [2.24, 2.45) is 0 Å². The van der Waals surface area contributed by atoms with Crippen molar-refractivity contribution in [3.8, 4) is 11.1 Å². The highest BCUT2D eigenvalue weighted by Crippen LogP contribution is 2.21. The van der Waals surface area contributed by atoms with Gasteiger partial charge in [-0.25, -0.2) is 0 Å². The van der Waals surface area contributed by atoms with Crippen LogP contribution in [0.5, 0.6) is 0 Å². The molecule has 1 N–H and O–H groups in total. The number of hydrogen-bond acceptors (Lipinski definition) is 2. The zero-order valence-electron chi connectivity index (χ0n) is 8.12. The van der Waals surface area contributed by atoms with Crippen molar-refractivity contribution in [3.05, 3.63) is 45.7 Å². The van der Waals surface area contributed by atoms with Crippen LogP contribution in [0.1, 0.15) is 5.56 Å². The highest BCUT2D eigenvalue weighted by Gasteiger charge is 2.01. The van der Waals surface area contributed by atoms with Gasteiger partial charge < -0.3 is 0 Å². The minimum absolute atomic E-state index is 0.416. The number of H-pyrrole nitrogens is 1. The first-order valence-electron chi connectivity index (χ1n) is 4.49. The van der Waals surface area contributed by atoms with Gasteiger partial charge in [-0.05, 0) is 18.6 Å². The van der Waals surface area contributed by atoms with Gasteiger partial charge >= 0.3 is 0 Å². The average molecular weight is 237 g/mol. The molecule has 0 spiro atoms. The quantitative estimate of drug-likeness (QED) is 0.764. The number of nitrogens with zero attached hydrogens (tertiary/aromatic N) is 1. The Morgan fingerprint density at radius 2 is 1.93 bits per heavy atom. The second-order valence-electron chi connectivity index (χ2n) is 3.30. The average Bonchev–Trinajstić information content (AvgIpc) is 2.23. The Hall–Kier alpha value is -1.19. The molecule has 0 atom stereocenters. The van der Waals surface area contributed by atoms with Gasteiger partial charge in [0.15, 0.2) is 0 Å². The lowest BCUT2D eigenvalue weighted by Crippen LogP contribution is -1.87. The van der Waals surface area contributed by atoms with Gasteiger partial charge in [-0.2, -0.15) is 5.10 Å². The van der Waals surface area contributed by atoms with Gasteiger partial charge in [0.2, 0.25) is 0 Å². The van der Waals surface area contributed by atoms with E-state index in [9.17, 15) is 0 Å². The molecule has 1 heterocycles. The van der Waals surface area contributed by atoms with Crippen molar-refractivity contribution in [3.63, 3.8) is 0 Å². The minimum atomic E-state index is 0.416. The molecule has 1 aromatic carbocycles. The van der Waals surface area contributed by atoms with Gasteiger partial charge in [-0.1, -0.05) is 53.6 Å². The van der Waals surface area contributed by atoms with Crippen LogP contribution in [0, 0.1) is 11.6 Å². The third kappa shape index (κ3) is 2.25. The number of aromatic nitrogens is 2. The number of nitrogens with one attached hydrogen (secondary N) is 1. The lowest BCUT2D eigenvalue weighted by Gasteiger charge is -2.02. The minimum Gasteiger partial charge on any atom is -0.266 e. The van der Waals surface area contributed by atoms with Crippen LogP contribution in [0.2, 0.25) is 5.15 Å². The van der Waals surface area contributed by atoms with Gasteiger partial charge in [0.1, 0.15) is 9.79 Å². The molecule has 2 nitrogen and oxygen atoms in total. The fraction of sp³-hybridized carbons (Fsp3) is 0.0909. The summed E-state index contributed by atoms with van der Waals surface area (Å²) in [5, 5.41) is 6.95. The molecule has 0 saturated heterocycles. The number of rotatable bonds is 1. The summed E-state index contributed by atoms with van der Waals surface area (Å²) in [6, 6.07) is 9.89. The van der Waals surface area contributed by atoms with Gasteiger partial charge in [0, 0.05) is 5.56 Å². The van der Waals surface area contributed by atoms with Crippen LogP contribution >= 0.6 is 23.8 Å². The Balaban J connectivity index is 2.58. The molecule has 0 aliphatic heterocycles. The van der Waals surface area contributed by atoms with E-state index in [0.717, 1.165) is 11.1 Å². The molecular formula is C11H9ClN2S. The van der Waals surface area contributed by atoms with E-state index in [0.29, 0.717) is 9.79 Å². The van der Waals surface area contributed by atoms with Crippen LogP contribution in [-0.2, 0) is 0 Å². The van der Waals surface area contributed by atoms with Crippen LogP contribution in [0.4, 0.5) is 0 Å². The highest BCUT2D eigenvalue weighted by molar-refractivity contribution is 7.71. The smallest absolute Gasteiger partial charge is 0.150 e.